The first-order chi connectivity index (χ1) is 14.4. The second-order valence-electron chi connectivity index (χ2n) is 7.16. The van der Waals surface area contributed by atoms with Crippen molar-refractivity contribution in [3.05, 3.63) is 64.4 Å². The minimum Gasteiger partial charge on any atom is -0.494 e. The Bertz CT molecular complexity index is 1290. The molecule has 1 aliphatic rings. The van der Waals surface area contributed by atoms with Gasteiger partial charge in [-0.05, 0) is 31.5 Å². The predicted octanol–water partition coefficient (Wildman–Crippen LogP) is 2.70. The van der Waals surface area contributed by atoms with Crippen LogP contribution in [0.3, 0.4) is 0 Å². The Balaban J connectivity index is 1.92. The third kappa shape index (κ3) is 3.70. The first-order valence-corrected chi connectivity index (χ1v) is 11.6. The van der Waals surface area contributed by atoms with Gasteiger partial charge in [0.1, 0.15) is 5.75 Å². The van der Waals surface area contributed by atoms with Gasteiger partial charge in [-0.25, -0.2) is 13.0 Å². The highest BCUT2D eigenvalue weighted by Crippen LogP contribution is 2.30. The van der Waals surface area contributed by atoms with E-state index in [1.54, 1.807) is 48.5 Å². The molecule has 156 valence electrons. The van der Waals surface area contributed by atoms with Gasteiger partial charge in [-0.1, -0.05) is 30.3 Å². The summed E-state index contributed by atoms with van der Waals surface area (Å²) in [5.41, 5.74) is 0.405. The molecule has 30 heavy (non-hydrogen) atoms. The van der Waals surface area contributed by atoms with E-state index in [0.717, 1.165) is 0 Å². The number of hydrogen-bond acceptors (Lipinski definition) is 6. The number of sulfone groups is 1. The van der Waals surface area contributed by atoms with Crippen LogP contribution in [0, 0.1) is 0 Å². The zero-order chi connectivity index (χ0) is 21.3. The maximum Gasteiger partial charge on any atom is 0.265 e. The van der Waals surface area contributed by atoms with Crippen LogP contribution in [0.1, 0.15) is 18.9 Å². The maximum absolute atomic E-state index is 13.2. The van der Waals surface area contributed by atoms with Crippen molar-refractivity contribution in [3.63, 3.8) is 0 Å². The number of pyridine rings is 1. The van der Waals surface area contributed by atoms with E-state index < -0.39 is 9.84 Å². The standard InChI is InChI=1S/C22H22N2O5S/c1-2-29-20-10-6-5-9-19(20)24-21(25)17-8-4-3-7-16(17)18(22(24)26)13-23-15-11-12-30(27,28)14-15/h3-10,13,15,26H,2,11-12,14H2,1H3. The molecule has 0 amide bonds. The van der Waals surface area contributed by atoms with E-state index in [-0.39, 0.29) is 29.0 Å². The number of aliphatic imine (C=N–C) groups is 1. The van der Waals surface area contributed by atoms with Gasteiger partial charge in [-0.15, -0.1) is 0 Å². The number of para-hydroxylation sites is 2. The van der Waals surface area contributed by atoms with Crippen molar-refractivity contribution >= 4 is 26.8 Å². The van der Waals surface area contributed by atoms with Crippen molar-refractivity contribution in [2.45, 2.75) is 19.4 Å². The number of benzene rings is 2. The number of fused-ring (bicyclic) bond motifs is 1. The highest BCUT2D eigenvalue weighted by atomic mass is 32.2. The van der Waals surface area contributed by atoms with Crippen molar-refractivity contribution in [2.24, 2.45) is 4.99 Å². The van der Waals surface area contributed by atoms with E-state index in [4.69, 9.17) is 4.74 Å². The molecule has 0 saturated carbocycles. The van der Waals surface area contributed by atoms with Crippen LogP contribution in [0.25, 0.3) is 16.5 Å². The summed E-state index contributed by atoms with van der Waals surface area (Å²) in [7, 11) is -3.07. The number of aromatic hydroxyl groups is 1. The summed E-state index contributed by atoms with van der Waals surface area (Å²) >= 11 is 0. The quantitative estimate of drug-likeness (QED) is 0.633. The number of rotatable bonds is 5. The van der Waals surface area contributed by atoms with Gasteiger partial charge in [0.05, 0.1) is 35.4 Å². The highest BCUT2D eigenvalue weighted by molar-refractivity contribution is 7.91. The second kappa shape index (κ2) is 7.95. The molecule has 0 radical (unpaired) electrons. The fourth-order valence-electron chi connectivity index (χ4n) is 3.71. The Morgan fingerprint density at radius 2 is 1.87 bits per heavy atom. The van der Waals surface area contributed by atoms with Crippen molar-refractivity contribution in [1.82, 2.24) is 4.57 Å². The molecule has 1 unspecified atom stereocenters. The SMILES string of the molecule is CCOc1ccccc1-n1c(O)c(C=NC2CCS(=O)(=O)C2)c2ccccc2c1=O. The fourth-order valence-corrected chi connectivity index (χ4v) is 5.34. The molecular formula is C22H22N2O5S. The van der Waals surface area contributed by atoms with Gasteiger partial charge >= 0.3 is 0 Å². The lowest BCUT2D eigenvalue weighted by Gasteiger charge is -2.16. The molecule has 1 N–H and O–H groups in total. The monoisotopic (exact) mass is 426 g/mol. The van der Waals surface area contributed by atoms with Crippen molar-refractivity contribution in [1.29, 1.82) is 0 Å². The van der Waals surface area contributed by atoms with Crippen LogP contribution in [-0.4, -0.2) is 48.5 Å². The van der Waals surface area contributed by atoms with Crippen molar-refractivity contribution in [3.8, 4) is 17.3 Å². The van der Waals surface area contributed by atoms with Crippen LogP contribution in [0.5, 0.6) is 11.6 Å². The van der Waals surface area contributed by atoms with E-state index in [1.165, 1.54) is 10.8 Å². The van der Waals surface area contributed by atoms with Gasteiger partial charge in [-0.3, -0.25) is 9.79 Å². The molecule has 1 aliphatic heterocycles. The van der Waals surface area contributed by atoms with Crippen LogP contribution in [0.15, 0.2) is 58.3 Å². The van der Waals surface area contributed by atoms with Crippen LogP contribution < -0.4 is 10.3 Å². The van der Waals surface area contributed by atoms with E-state index >= 15 is 0 Å². The summed E-state index contributed by atoms with van der Waals surface area (Å²) in [5.74, 6) is 0.311. The van der Waals surface area contributed by atoms with Crippen LogP contribution in [-0.2, 0) is 9.84 Å². The molecule has 1 aromatic heterocycles. The first kappa shape index (κ1) is 20.2. The Kier molecular flexibility index (Phi) is 5.34. The van der Waals surface area contributed by atoms with Crippen molar-refractivity contribution in [2.75, 3.05) is 18.1 Å². The topological polar surface area (TPSA) is 98.0 Å². The molecule has 0 aliphatic carbocycles. The minimum absolute atomic E-state index is 0.00495. The lowest BCUT2D eigenvalue weighted by Crippen LogP contribution is -2.21. The maximum atomic E-state index is 13.2. The third-order valence-corrected chi connectivity index (χ3v) is 6.88. The summed E-state index contributed by atoms with van der Waals surface area (Å²) in [6.45, 7) is 2.25. The van der Waals surface area contributed by atoms with Gasteiger partial charge in [0, 0.05) is 17.0 Å². The molecule has 3 aromatic rings. The van der Waals surface area contributed by atoms with E-state index in [9.17, 15) is 18.3 Å². The summed E-state index contributed by atoms with van der Waals surface area (Å²) in [5, 5.41) is 12.1. The lowest BCUT2D eigenvalue weighted by atomic mass is 10.1. The largest absolute Gasteiger partial charge is 0.494 e. The van der Waals surface area contributed by atoms with E-state index in [2.05, 4.69) is 4.99 Å². The van der Waals surface area contributed by atoms with Crippen molar-refractivity contribution < 1.29 is 18.3 Å². The number of aromatic nitrogens is 1. The Hall–Kier alpha value is -3.13. The fraction of sp³-hybridized carbons (Fsp3) is 0.273. The van der Waals surface area contributed by atoms with Gasteiger partial charge in [0.15, 0.2) is 9.84 Å². The summed E-state index contributed by atoms with van der Waals surface area (Å²) in [6, 6.07) is 13.6. The van der Waals surface area contributed by atoms with Gasteiger partial charge in [0.25, 0.3) is 5.56 Å². The van der Waals surface area contributed by atoms with Crippen LogP contribution in [0.2, 0.25) is 0 Å². The summed E-state index contributed by atoms with van der Waals surface area (Å²) in [6.07, 6.45) is 1.92. The Labute approximate surface area is 174 Å². The molecule has 2 aromatic carbocycles. The number of ether oxygens (including phenoxy) is 1. The normalized spacial score (nSPS) is 18.2. The molecule has 8 heteroatoms. The third-order valence-electron chi connectivity index (χ3n) is 5.13. The Morgan fingerprint density at radius 1 is 1.17 bits per heavy atom. The molecule has 2 heterocycles. The average Bonchev–Trinajstić information content (AvgIpc) is 3.08. The molecular weight excluding hydrogens is 404 g/mol. The minimum atomic E-state index is -3.07. The zero-order valence-corrected chi connectivity index (χ0v) is 17.3. The molecule has 0 bridgehead atoms. The molecule has 7 nitrogen and oxygen atoms in total. The van der Waals surface area contributed by atoms with Gasteiger partial charge < -0.3 is 9.84 Å². The van der Waals surface area contributed by atoms with E-state index in [0.29, 0.717) is 40.8 Å². The van der Waals surface area contributed by atoms with Crippen LogP contribution in [0.4, 0.5) is 0 Å². The Morgan fingerprint density at radius 3 is 2.57 bits per heavy atom. The molecule has 1 saturated heterocycles. The smallest absolute Gasteiger partial charge is 0.265 e. The highest BCUT2D eigenvalue weighted by Gasteiger charge is 2.27. The summed E-state index contributed by atoms with van der Waals surface area (Å²) in [4.78, 5) is 17.6. The molecule has 1 atom stereocenters. The van der Waals surface area contributed by atoms with E-state index in [1.807, 2.05) is 6.92 Å². The van der Waals surface area contributed by atoms with Gasteiger partial charge in [0.2, 0.25) is 5.88 Å². The zero-order valence-electron chi connectivity index (χ0n) is 16.5. The molecule has 4 rings (SSSR count). The number of nitrogens with zero attached hydrogens (tertiary/aromatic N) is 2. The van der Waals surface area contributed by atoms with Crippen LogP contribution >= 0.6 is 0 Å². The summed E-state index contributed by atoms with van der Waals surface area (Å²) < 4.78 is 30.3. The molecule has 0 spiro atoms. The predicted molar refractivity (Wildman–Crippen MR) is 117 cm³/mol. The van der Waals surface area contributed by atoms with Gasteiger partial charge in [-0.2, -0.15) is 0 Å². The number of hydrogen-bond donors (Lipinski definition) is 1. The lowest BCUT2D eigenvalue weighted by molar-refractivity contribution is 0.337. The second-order valence-corrected chi connectivity index (χ2v) is 9.39. The molecule has 1 fully saturated rings. The average molecular weight is 426 g/mol. The first-order valence-electron chi connectivity index (χ1n) is 9.74.